The fourth-order valence-corrected chi connectivity index (χ4v) is 6.80. The number of nitrogens with zero attached hydrogens (tertiary/aromatic N) is 4. The van der Waals surface area contributed by atoms with Crippen molar-refractivity contribution < 1.29 is 53.1 Å². The lowest BCUT2D eigenvalue weighted by Crippen LogP contribution is -2.61. The molecule has 18 heteroatoms. The van der Waals surface area contributed by atoms with Crippen LogP contribution in [0.3, 0.4) is 0 Å². The minimum absolute atomic E-state index is 0.0361. The van der Waals surface area contributed by atoms with Crippen LogP contribution in [0.1, 0.15) is 33.3 Å². The Morgan fingerprint density at radius 1 is 0.936 bits per heavy atom. The molecule has 4 rings (SSSR count). The van der Waals surface area contributed by atoms with Crippen molar-refractivity contribution in [2.24, 2.45) is 5.10 Å². The molecule has 1 saturated heterocycles. The van der Waals surface area contributed by atoms with Crippen LogP contribution in [0, 0.1) is 0 Å². The van der Waals surface area contributed by atoms with E-state index in [1.54, 1.807) is 30.3 Å². The maximum absolute atomic E-state index is 12.3. The molecule has 2 N–H and O–H groups in total. The van der Waals surface area contributed by atoms with Crippen LogP contribution in [0.5, 0.6) is 11.5 Å². The highest BCUT2D eigenvalue weighted by Gasteiger charge is 2.53. The average Bonchev–Trinajstić information content (AvgIpc) is 3.37. The van der Waals surface area contributed by atoms with E-state index in [-0.39, 0.29) is 28.0 Å². The number of esters is 4. The fraction of sp³-hybridized carbons (Fsp3) is 0.345. The standard InChI is InChI=1S/C29H28Br2N4O11S/c1-13(36)42-12-22-24(43-14(2)37)25(44-15(3)38)26(45-16(4)39)28(46-22)47-29-34-33-27(19-7-5-6-8-21(19)40)35(29)32-11-17-9-18(30)10-20(31)23(17)41/h5-11,22,24-26,28,40-41H,12H2,1-4H3/b32-11+/t22-,24-,25+,26-,28+/m1/s1. The zero-order valence-corrected chi connectivity index (χ0v) is 29.1. The number of rotatable bonds is 10. The Morgan fingerprint density at radius 2 is 1.57 bits per heavy atom. The Bertz CT molecular complexity index is 1700. The van der Waals surface area contributed by atoms with Gasteiger partial charge in [-0.2, -0.15) is 9.78 Å². The van der Waals surface area contributed by atoms with Gasteiger partial charge in [-0.15, -0.1) is 10.2 Å². The first-order chi connectivity index (χ1) is 22.2. The Labute approximate surface area is 288 Å². The molecule has 1 aliphatic rings. The Kier molecular flexibility index (Phi) is 12.0. The normalized spacial score (nSPS) is 20.9. The number of hydrogen-bond donors (Lipinski definition) is 2. The second kappa shape index (κ2) is 15.7. The van der Waals surface area contributed by atoms with E-state index in [0.29, 0.717) is 14.5 Å². The smallest absolute Gasteiger partial charge is 0.303 e. The van der Waals surface area contributed by atoms with Crippen LogP contribution in [0.25, 0.3) is 11.4 Å². The van der Waals surface area contributed by atoms with E-state index in [2.05, 4.69) is 47.2 Å². The average molecular weight is 800 g/mol. The molecule has 0 radical (unpaired) electrons. The van der Waals surface area contributed by atoms with Gasteiger partial charge >= 0.3 is 23.9 Å². The number of aromatic nitrogens is 3. The van der Waals surface area contributed by atoms with Crippen LogP contribution >= 0.6 is 43.6 Å². The van der Waals surface area contributed by atoms with E-state index in [1.807, 2.05) is 0 Å². The predicted molar refractivity (Wildman–Crippen MR) is 171 cm³/mol. The summed E-state index contributed by atoms with van der Waals surface area (Å²) in [5.74, 6) is -3.13. The number of thioether (sulfide) groups is 1. The summed E-state index contributed by atoms with van der Waals surface area (Å²) < 4.78 is 30.1. The monoisotopic (exact) mass is 798 g/mol. The lowest BCUT2D eigenvalue weighted by molar-refractivity contribution is -0.237. The molecule has 3 aromatic rings. The molecule has 0 amide bonds. The van der Waals surface area contributed by atoms with E-state index >= 15 is 0 Å². The molecule has 1 fully saturated rings. The van der Waals surface area contributed by atoms with Crippen LogP contribution in [0.4, 0.5) is 0 Å². The summed E-state index contributed by atoms with van der Waals surface area (Å²) >= 11 is 7.50. The summed E-state index contributed by atoms with van der Waals surface area (Å²) in [5.41, 5.74) is -0.684. The summed E-state index contributed by atoms with van der Waals surface area (Å²) in [6.45, 7) is 4.12. The van der Waals surface area contributed by atoms with E-state index in [4.69, 9.17) is 23.7 Å². The quantitative estimate of drug-likeness (QED) is 0.170. The van der Waals surface area contributed by atoms with Crippen molar-refractivity contribution in [2.75, 3.05) is 6.61 Å². The number of para-hydroxylation sites is 1. The number of carbonyl (C=O) groups excluding carboxylic acids is 4. The Hall–Kier alpha value is -4.00. The summed E-state index contributed by atoms with van der Waals surface area (Å²) in [6, 6.07) is 9.57. The predicted octanol–water partition coefficient (Wildman–Crippen LogP) is 3.94. The van der Waals surface area contributed by atoms with Crippen molar-refractivity contribution >= 4 is 73.7 Å². The van der Waals surface area contributed by atoms with Crippen LogP contribution in [0.2, 0.25) is 0 Å². The largest absolute Gasteiger partial charge is 0.507 e. The van der Waals surface area contributed by atoms with Crippen molar-refractivity contribution in [3.8, 4) is 22.9 Å². The van der Waals surface area contributed by atoms with Crippen molar-refractivity contribution in [1.29, 1.82) is 0 Å². The highest BCUT2D eigenvalue weighted by Crippen LogP contribution is 2.39. The van der Waals surface area contributed by atoms with Crippen LogP contribution in [-0.2, 0) is 42.9 Å². The Morgan fingerprint density at radius 3 is 2.21 bits per heavy atom. The number of benzene rings is 2. The highest BCUT2D eigenvalue weighted by atomic mass is 79.9. The summed E-state index contributed by atoms with van der Waals surface area (Å²) in [5, 5.41) is 34.2. The molecular formula is C29H28Br2N4O11S. The first-order valence-electron chi connectivity index (χ1n) is 13.7. The summed E-state index contributed by atoms with van der Waals surface area (Å²) in [7, 11) is 0. The van der Waals surface area contributed by atoms with Gasteiger partial charge in [0.05, 0.1) is 16.3 Å². The number of hydrogen-bond acceptors (Lipinski definition) is 15. The van der Waals surface area contributed by atoms with Crippen molar-refractivity contribution in [2.45, 2.75) is 62.7 Å². The fourth-order valence-electron chi connectivity index (χ4n) is 4.47. The molecular weight excluding hydrogens is 772 g/mol. The van der Waals surface area contributed by atoms with Gasteiger partial charge in [0, 0.05) is 37.7 Å². The van der Waals surface area contributed by atoms with E-state index < -0.39 is 60.3 Å². The first-order valence-corrected chi connectivity index (χ1v) is 16.1. The number of phenolic OH excluding ortho intramolecular Hbond substituents is 2. The van der Waals surface area contributed by atoms with Gasteiger partial charge in [-0.05, 0) is 52.0 Å². The van der Waals surface area contributed by atoms with Crippen molar-refractivity contribution in [1.82, 2.24) is 14.9 Å². The minimum atomic E-state index is -1.40. The lowest BCUT2D eigenvalue weighted by atomic mass is 9.99. The zero-order valence-electron chi connectivity index (χ0n) is 25.2. The molecule has 2 aromatic carbocycles. The number of ether oxygens (including phenoxy) is 5. The number of phenols is 2. The molecule has 0 saturated carbocycles. The van der Waals surface area contributed by atoms with Gasteiger partial charge in [0.25, 0.3) is 0 Å². The van der Waals surface area contributed by atoms with Crippen LogP contribution < -0.4 is 0 Å². The van der Waals surface area contributed by atoms with Crippen molar-refractivity contribution in [3.05, 3.63) is 50.9 Å². The van der Waals surface area contributed by atoms with Gasteiger partial charge in [-0.25, -0.2) is 0 Å². The van der Waals surface area contributed by atoms with Crippen molar-refractivity contribution in [3.63, 3.8) is 0 Å². The van der Waals surface area contributed by atoms with E-state index in [9.17, 15) is 29.4 Å². The molecule has 1 aliphatic heterocycles. The maximum atomic E-state index is 12.3. The Balaban J connectivity index is 1.84. The number of carbonyl (C=O) groups is 4. The van der Waals surface area contributed by atoms with E-state index in [1.165, 1.54) is 23.9 Å². The molecule has 0 aliphatic carbocycles. The molecule has 5 atom stereocenters. The van der Waals surface area contributed by atoms with Gasteiger partial charge in [-0.1, -0.05) is 28.1 Å². The molecule has 15 nitrogen and oxygen atoms in total. The lowest BCUT2D eigenvalue weighted by Gasteiger charge is -2.43. The highest BCUT2D eigenvalue weighted by molar-refractivity contribution is 9.11. The first kappa shape index (κ1) is 35.8. The number of aromatic hydroxyl groups is 2. The van der Waals surface area contributed by atoms with Crippen LogP contribution in [0.15, 0.2) is 55.6 Å². The van der Waals surface area contributed by atoms with Gasteiger partial charge in [-0.3, -0.25) is 19.2 Å². The molecule has 0 unspecified atom stereocenters. The van der Waals surface area contributed by atoms with E-state index in [0.717, 1.165) is 32.5 Å². The molecule has 250 valence electrons. The van der Waals surface area contributed by atoms with Gasteiger partial charge < -0.3 is 33.9 Å². The van der Waals surface area contributed by atoms with Gasteiger partial charge in [0.1, 0.15) is 24.2 Å². The van der Waals surface area contributed by atoms with Gasteiger partial charge in [0.2, 0.25) is 5.16 Å². The maximum Gasteiger partial charge on any atom is 0.303 e. The second-order valence-corrected chi connectivity index (χ2v) is 12.7. The number of halogens is 2. The molecule has 0 spiro atoms. The third-order valence-electron chi connectivity index (χ3n) is 6.30. The zero-order chi connectivity index (χ0) is 34.4. The SMILES string of the molecule is CC(=O)OC[C@H]1O[C@@H](Sc2nnc(-c3ccccc3O)n2/N=C/c2cc(Br)cc(Br)c2O)[C@H](OC(C)=O)[C@@H](OC(C)=O)[C@@H]1OC(C)=O. The third-order valence-corrected chi connectivity index (χ3v) is 8.44. The molecule has 1 aromatic heterocycles. The topological polar surface area (TPSA) is 198 Å². The summed E-state index contributed by atoms with van der Waals surface area (Å²) in [6.07, 6.45) is -3.99. The molecule has 0 bridgehead atoms. The van der Waals surface area contributed by atoms with Crippen LogP contribution in [-0.4, -0.2) is 91.6 Å². The van der Waals surface area contributed by atoms with Gasteiger partial charge in [0.15, 0.2) is 29.6 Å². The molecule has 47 heavy (non-hydrogen) atoms. The second-order valence-electron chi connectivity index (χ2n) is 9.89. The minimum Gasteiger partial charge on any atom is -0.507 e. The third kappa shape index (κ3) is 9.09. The summed E-state index contributed by atoms with van der Waals surface area (Å²) in [4.78, 5) is 48.3. The molecule has 2 heterocycles.